The van der Waals surface area contributed by atoms with Crippen molar-refractivity contribution >= 4 is 0 Å². The SMILES string of the molecule is C=CCC1COC(c2ccc(F)c(F)c2)OC1. The van der Waals surface area contributed by atoms with Gasteiger partial charge in [-0.25, -0.2) is 8.78 Å². The number of ether oxygens (including phenoxy) is 2. The van der Waals surface area contributed by atoms with Crippen LogP contribution in [0.15, 0.2) is 30.9 Å². The van der Waals surface area contributed by atoms with E-state index in [1.807, 2.05) is 6.08 Å². The van der Waals surface area contributed by atoms with Crippen molar-refractivity contribution in [1.29, 1.82) is 0 Å². The maximum Gasteiger partial charge on any atom is 0.183 e. The van der Waals surface area contributed by atoms with E-state index in [0.717, 1.165) is 18.6 Å². The van der Waals surface area contributed by atoms with E-state index in [9.17, 15) is 8.78 Å². The Morgan fingerprint density at radius 1 is 1.24 bits per heavy atom. The van der Waals surface area contributed by atoms with Gasteiger partial charge in [0.2, 0.25) is 0 Å². The Hall–Kier alpha value is -1.26. The number of halogens is 2. The molecule has 1 fully saturated rings. The highest BCUT2D eigenvalue weighted by Crippen LogP contribution is 2.27. The van der Waals surface area contributed by atoms with Gasteiger partial charge in [0.05, 0.1) is 13.2 Å². The molecule has 0 N–H and O–H groups in total. The lowest BCUT2D eigenvalue weighted by Crippen LogP contribution is -2.26. The van der Waals surface area contributed by atoms with Crippen LogP contribution in [0.1, 0.15) is 18.3 Å². The standard InChI is InChI=1S/C13H14F2O2/c1-2-3-9-7-16-13(17-8-9)10-4-5-11(14)12(15)6-10/h2,4-6,9,13H,1,3,7-8H2. The van der Waals surface area contributed by atoms with E-state index in [-0.39, 0.29) is 5.92 Å². The van der Waals surface area contributed by atoms with Gasteiger partial charge in [-0.3, -0.25) is 0 Å². The van der Waals surface area contributed by atoms with Gasteiger partial charge in [-0.1, -0.05) is 12.1 Å². The molecule has 4 heteroatoms. The summed E-state index contributed by atoms with van der Waals surface area (Å²) in [7, 11) is 0. The first-order valence-electron chi connectivity index (χ1n) is 5.49. The van der Waals surface area contributed by atoms with Crippen molar-refractivity contribution < 1.29 is 18.3 Å². The molecule has 0 aromatic heterocycles. The minimum absolute atomic E-state index is 0.286. The Morgan fingerprint density at radius 3 is 2.53 bits per heavy atom. The molecular weight excluding hydrogens is 226 g/mol. The summed E-state index contributed by atoms with van der Waals surface area (Å²) in [6, 6.07) is 3.65. The van der Waals surface area contributed by atoms with Gasteiger partial charge in [-0.15, -0.1) is 6.58 Å². The van der Waals surface area contributed by atoms with Crippen molar-refractivity contribution in [2.75, 3.05) is 13.2 Å². The molecule has 0 saturated carbocycles. The lowest BCUT2D eigenvalue weighted by molar-refractivity contribution is -0.204. The van der Waals surface area contributed by atoms with Gasteiger partial charge < -0.3 is 9.47 Å². The third-order valence-corrected chi connectivity index (χ3v) is 2.68. The predicted octanol–water partition coefficient (Wildman–Crippen LogP) is 3.20. The molecule has 0 amide bonds. The average molecular weight is 240 g/mol. The molecule has 1 aliphatic heterocycles. The molecule has 0 radical (unpaired) electrons. The van der Waals surface area contributed by atoms with E-state index in [1.54, 1.807) is 0 Å². The van der Waals surface area contributed by atoms with Crippen LogP contribution >= 0.6 is 0 Å². The highest BCUT2D eigenvalue weighted by atomic mass is 19.2. The molecule has 1 aromatic carbocycles. The fourth-order valence-corrected chi connectivity index (χ4v) is 1.77. The van der Waals surface area contributed by atoms with Crippen molar-refractivity contribution in [2.45, 2.75) is 12.7 Å². The van der Waals surface area contributed by atoms with Gasteiger partial charge >= 0.3 is 0 Å². The molecule has 0 bridgehead atoms. The number of hydrogen-bond donors (Lipinski definition) is 0. The molecule has 1 heterocycles. The van der Waals surface area contributed by atoms with Crippen molar-refractivity contribution in [3.63, 3.8) is 0 Å². The zero-order chi connectivity index (χ0) is 12.3. The van der Waals surface area contributed by atoms with E-state index >= 15 is 0 Å². The monoisotopic (exact) mass is 240 g/mol. The first-order valence-corrected chi connectivity index (χ1v) is 5.49. The van der Waals surface area contributed by atoms with E-state index in [2.05, 4.69) is 6.58 Å². The van der Waals surface area contributed by atoms with Gasteiger partial charge in [0.15, 0.2) is 17.9 Å². The molecule has 17 heavy (non-hydrogen) atoms. The summed E-state index contributed by atoms with van der Waals surface area (Å²) in [6.45, 7) is 4.73. The molecule has 1 aliphatic rings. The van der Waals surface area contributed by atoms with Crippen molar-refractivity contribution in [3.05, 3.63) is 48.1 Å². The maximum absolute atomic E-state index is 13.0. The zero-order valence-corrected chi connectivity index (χ0v) is 9.36. The predicted molar refractivity (Wildman–Crippen MR) is 59.3 cm³/mol. The average Bonchev–Trinajstić information content (AvgIpc) is 2.34. The molecular formula is C13H14F2O2. The second kappa shape index (κ2) is 5.38. The molecule has 0 spiro atoms. The van der Waals surface area contributed by atoms with E-state index in [4.69, 9.17) is 9.47 Å². The van der Waals surface area contributed by atoms with Gasteiger partial charge in [-0.2, -0.15) is 0 Å². The Morgan fingerprint density at radius 2 is 1.94 bits per heavy atom. The Kier molecular flexibility index (Phi) is 3.86. The van der Waals surface area contributed by atoms with E-state index in [0.29, 0.717) is 18.8 Å². The summed E-state index contributed by atoms with van der Waals surface area (Å²) < 4.78 is 36.7. The Labute approximate surface area is 98.8 Å². The molecule has 1 saturated heterocycles. The molecule has 92 valence electrons. The lowest BCUT2D eigenvalue weighted by Gasteiger charge is -2.29. The smallest absolute Gasteiger partial charge is 0.183 e. The third-order valence-electron chi connectivity index (χ3n) is 2.68. The summed E-state index contributed by atoms with van der Waals surface area (Å²) in [5.74, 6) is -1.47. The second-order valence-electron chi connectivity index (χ2n) is 4.06. The second-order valence-corrected chi connectivity index (χ2v) is 4.06. The van der Waals surface area contributed by atoms with E-state index in [1.165, 1.54) is 6.07 Å². The fourth-order valence-electron chi connectivity index (χ4n) is 1.77. The number of allylic oxidation sites excluding steroid dienone is 1. The number of hydrogen-bond acceptors (Lipinski definition) is 2. The molecule has 2 rings (SSSR count). The van der Waals surface area contributed by atoms with Crippen LogP contribution in [0, 0.1) is 17.6 Å². The van der Waals surface area contributed by atoms with Gasteiger partial charge in [0.25, 0.3) is 0 Å². The minimum Gasteiger partial charge on any atom is -0.348 e. The van der Waals surface area contributed by atoms with Crippen LogP contribution in [-0.2, 0) is 9.47 Å². The number of benzene rings is 1. The quantitative estimate of drug-likeness (QED) is 0.755. The fraction of sp³-hybridized carbons (Fsp3) is 0.385. The van der Waals surface area contributed by atoms with Crippen molar-refractivity contribution in [3.8, 4) is 0 Å². The topological polar surface area (TPSA) is 18.5 Å². The van der Waals surface area contributed by atoms with Gasteiger partial charge in [0.1, 0.15) is 0 Å². The molecule has 0 aliphatic carbocycles. The zero-order valence-electron chi connectivity index (χ0n) is 9.36. The molecule has 1 aromatic rings. The highest BCUT2D eigenvalue weighted by molar-refractivity contribution is 5.19. The van der Waals surface area contributed by atoms with Crippen LogP contribution in [0.5, 0.6) is 0 Å². The Bertz CT molecular complexity index is 398. The normalized spacial score (nSPS) is 24.6. The number of rotatable bonds is 3. The van der Waals surface area contributed by atoms with Crippen LogP contribution in [0.25, 0.3) is 0 Å². The molecule has 0 unspecified atom stereocenters. The van der Waals surface area contributed by atoms with Gasteiger partial charge in [-0.05, 0) is 18.6 Å². The van der Waals surface area contributed by atoms with E-state index < -0.39 is 17.9 Å². The Balaban J connectivity index is 2.00. The van der Waals surface area contributed by atoms with Gasteiger partial charge in [0, 0.05) is 11.5 Å². The molecule has 0 atom stereocenters. The lowest BCUT2D eigenvalue weighted by atomic mass is 10.1. The van der Waals surface area contributed by atoms with Crippen LogP contribution in [0.3, 0.4) is 0 Å². The van der Waals surface area contributed by atoms with Crippen molar-refractivity contribution in [1.82, 2.24) is 0 Å². The van der Waals surface area contributed by atoms with Crippen LogP contribution in [0.4, 0.5) is 8.78 Å². The van der Waals surface area contributed by atoms with Crippen LogP contribution in [0.2, 0.25) is 0 Å². The summed E-state index contributed by atoms with van der Waals surface area (Å²) in [4.78, 5) is 0. The summed E-state index contributed by atoms with van der Waals surface area (Å²) in [6.07, 6.45) is 2.03. The molecule has 2 nitrogen and oxygen atoms in total. The summed E-state index contributed by atoms with van der Waals surface area (Å²) in [5, 5.41) is 0. The first kappa shape index (κ1) is 12.2. The van der Waals surface area contributed by atoms with Crippen LogP contribution in [-0.4, -0.2) is 13.2 Å². The third kappa shape index (κ3) is 2.90. The summed E-state index contributed by atoms with van der Waals surface area (Å²) >= 11 is 0. The highest BCUT2D eigenvalue weighted by Gasteiger charge is 2.23. The maximum atomic E-state index is 13.0. The summed E-state index contributed by atoms with van der Waals surface area (Å²) in [5.41, 5.74) is 0.501. The largest absolute Gasteiger partial charge is 0.348 e. The first-order chi connectivity index (χ1) is 8.20. The van der Waals surface area contributed by atoms with Crippen molar-refractivity contribution in [2.24, 2.45) is 5.92 Å². The minimum atomic E-state index is -0.886. The van der Waals surface area contributed by atoms with Crippen LogP contribution < -0.4 is 0 Å².